The fraction of sp³-hybridized carbons (Fsp3) is 0.667. The first-order valence-corrected chi connectivity index (χ1v) is 16.0. The minimum absolute atomic E-state index is 0. The molecule has 3 aliphatic heterocycles. The van der Waals surface area contributed by atoms with Gasteiger partial charge in [0.25, 0.3) is 0 Å². The van der Waals surface area contributed by atoms with Crippen molar-refractivity contribution in [2.24, 2.45) is 15.4 Å². The molecule has 204 valence electrons. The number of aliphatic hydroxyl groups excluding tert-OH is 1. The Balaban J connectivity index is 0.00000400. The van der Waals surface area contributed by atoms with Crippen LogP contribution in [-0.4, -0.2) is 79.5 Å². The van der Waals surface area contributed by atoms with Crippen molar-refractivity contribution in [2.45, 2.75) is 82.5 Å². The van der Waals surface area contributed by atoms with Gasteiger partial charge in [0.1, 0.15) is 5.54 Å². The molecular weight excluding hydrogens is 592 g/mol. The third kappa shape index (κ3) is 6.33. The Hall–Kier alpha value is -0.577. The van der Waals surface area contributed by atoms with Gasteiger partial charge in [0.05, 0.1) is 33.6 Å². The molecule has 1 saturated heterocycles. The molecule has 0 aromatic heterocycles. The second-order valence-electron chi connectivity index (χ2n) is 11.0. The second-order valence-corrected chi connectivity index (χ2v) is 14.1. The van der Waals surface area contributed by atoms with E-state index in [0.29, 0.717) is 10.8 Å². The maximum absolute atomic E-state index is 12.8. The zero-order valence-corrected chi connectivity index (χ0v) is 28.4. The van der Waals surface area contributed by atoms with Gasteiger partial charge in [0, 0.05) is 34.3 Å². The van der Waals surface area contributed by atoms with Crippen LogP contribution in [0.5, 0.6) is 5.75 Å². The number of carbonyl (C=O) groups excluding carboxylic acids is 1. The van der Waals surface area contributed by atoms with Gasteiger partial charge in [-0.3, -0.25) is 14.9 Å². The molecule has 5 atom stereocenters. The Bertz CT molecular complexity index is 1090. The van der Waals surface area contributed by atoms with Crippen LogP contribution < -0.4 is 10.2 Å². The summed E-state index contributed by atoms with van der Waals surface area (Å²) in [5, 5.41) is 37.5. The third-order valence-corrected chi connectivity index (χ3v) is 11.9. The van der Waals surface area contributed by atoms with E-state index >= 15 is 0 Å². The van der Waals surface area contributed by atoms with Crippen molar-refractivity contribution >= 4 is 51.3 Å². The fourth-order valence-corrected chi connectivity index (χ4v) is 9.36. The van der Waals surface area contributed by atoms with Crippen molar-refractivity contribution in [3.8, 4) is 5.75 Å². The minimum atomic E-state index is -1.25. The van der Waals surface area contributed by atoms with Crippen LogP contribution in [0.25, 0.3) is 0 Å². The van der Waals surface area contributed by atoms with Gasteiger partial charge in [-0.25, -0.2) is 0 Å². The molecule has 1 aromatic rings. The number of carboxylic acids is 1. The Labute approximate surface area is 251 Å². The molecule has 0 saturated carbocycles. The molecule has 0 spiro atoms. The number of aryl methyl sites for hydroxylation is 1. The number of aliphatic imine (C=N–C) groups is 2. The Morgan fingerprint density at radius 3 is 2.68 bits per heavy atom. The molecule has 0 radical (unpaired) electrons. The summed E-state index contributed by atoms with van der Waals surface area (Å²) in [5.41, 5.74) is -0.0922. The number of unbranched alkanes of at least 4 members (excludes halogenated alkanes) is 2. The summed E-state index contributed by atoms with van der Waals surface area (Å²) in [6.45, 7) is 7.62. The molecule has 4 rings (SSSR count). The summed E-state index contributed by atoms with van der Waals surface area (Å²) >= 11 is 4.84. The molecule has 38 heavy (non-hydrogen) atoms. The number of aliphatic carboxylic acids is 1. The maximum atomic E-state index is 12.8. The van der Waals surface area contributed by atoms with E-state index in [-0.39, 0.29) is 42.7 Å². The largest absolute Gasteiger partial charge is 2.00 e. The standard InChI is InChI=1S/C27H39N3O4S3.Zn/c1-6-7-8-10-16-11-9-12-19(31)20(16)22-28-17(13-35-22)23-30(5)18(14-36-23)21(32)26(2,3)24-29-27(4,15-37-24)25(33)34;/h9,11-12,17-18,21,23,31-32H,6-8,10,13-15H2,1-5H3,(H,33,34);/q;+2/p-2/t17-,18+,21+,23-,27+;/m1./s1. The summed E-state index contributed by atoms with van der Waals surface area (Å²) in [5.74, 6) is 0.723. The summed E-state index contributed by atoms with van der Waals surface area (Å²) in [7, 11) is 2.03. The number of hydrogen-bond donors (Lipinski definition) is 1. The van der Waals surface area contributed by atoms with Gasteiger partial charge >= 0.3 is 19.5 Å². The number of benzene rings is 1. The number of thioether (sulfide) groups is 3. The number of aliphatic hydroxyl groups is 1. The monoisotopic (exact) mass is 627 g/mol. The van der Waals surface area contributed by atoms with Crippen LogP contribution in [0.3, 0.4) is 0 Å². The quantitative estimate of drug-likeness (QED) is 0.311. The van der Waals surface area contributed by atoms with Gasteiger partial charge in [-0.15, -0.1) is 35.3 Å². The van der Waals surface area contributed by atoms with Crippen LogP contribution in [0.2, 0.25) is 0 Å². The van der Waals surface area contributed by atoms with Crippen LogP contribution in [0.4, 0.5) is 0 Å². The van der Waals surface area contributed by atoms with E-state index in [9.17, 15) is 20.1 Å². The molecular formula is C27H37N3O4S3Zn. The summed E-state index contributed by atoms with van der Waals surface area (Å²) in [6.07, 6.45) is 3.52. The van der Waals surface area contributed by atoms with Crippen molar-refractivity contribution in [2.75, 3.05) is 24.3 Å². The number of likely N-dealkylation sites (N-methyl/N-ethyl adjacent to an activating group) is 1. The number of hydrogen-bond acceptors (Lipinski definition) is 10. The SMILES string of the molecule is CCCCCc1cccc([O-])c1C1=N[C@@H]([C@H]2SC[C@@H]([C@H](O)C(C)(C)C3=N[C@](C)(C(=O)[O-])CS3)N2C)CS1.[Zn+2]. The van der Waals surface area contributed by atoms with Crippen molar-refractivity contribution < 1.29 is 39.6 Å². The molecule has 0 unspecified atom stereocenters. The predicted molar refractivity (Wildman–Crippen MR) is 153 cm³/mol. The second kappa shape index (κ2) is 12.9. The minimum Gasteiger partial charge on any atom is -0.872 e. The first kappa shape index (κ1) is 31.9. The van der Waals surface area contributed by atoms with E-state index in [1.807, 2.05) is 27.0 Å². The van der Waals surface area contributed by atoms with E-state index in [1.54, 1.807) is 36.5 Å². The molecule has 1 N–H and O–H groups in total. The zero-order chi connectivity index (χ0) is 27.0. The molecule has 7 nitrogen and oxygen atoms in total. The normalized spacial score (nSPS) is 28.6. The first-order chi connectivity index (χ1) is 17.5. The van der Waals surface area contributed by atoms with Crippen LogP contribution in [0.15, 0.2) is 28.2 Å². The van der Waals surface area contributed by atoms with Gasteiger partial charge < -0.3 is 20.1 Å². The zero-order valence-electron chi connectivity index (χ0n) is 22.9. The molecule has 3 aliphatic rings. The van der Waals surface area contributed by atoms with Crippen LogP contribution in [0.1, 0.15) is 58.1 Å². The van der Waals surface area contributed by atoms with Gasteiger partial charge in [-0.2, -0.15) is 0 Å². The van der Waals surface area contributed by atoms with Gasteiger partial charge in [0.2, 0.25) is 0 Å². The van der Waals surface area contributed by atoms with Gasteiger partial charge in [0.15, 0.2) is 0 Å². The number of carbonyl (C=O) groups is 1. The summed E-state index contributed by atoms with van der Waals surface area (Å²) < 4.78 is 0. The first-order valence-electron chi connectivity index (χ1n) is 13.0. The molecule has 1 fully saturated rings. The van der Waals surface area contributed by atoms with Crippen molar-refractivity contribution in [1.29, 1.82) is 0 Å². The smallest absolute Gasteiger partial charge is 0.872 e. The molecule has 0 aliphatic carbocycles. The van der Waals surface area contributed by atoms with Crippen molar-refractivity contribution in [1.82, 2.24) is 4.90 Å². The average molecular weight is 629 g/mol. The Morgan fingerprint density at radius 2 is 2.03 bits per heavy atom. The molecule has 0 bridgehead atoms. The number of nitrogens with zero attached hydrogens (tertiary/aromatic N) is 3. The van der Waals surface area contributed by atoms with Crippen LogP contribution >= 0.6 is 35.3 Å². The van der Waals surface area contributed by atoms with Gasteiger partial charge in [-0.05, 0) is 32.4 Å². The van der Waals surface area contributed by atoms with E-state index < -0.39 is 23.0 Å². The Kier molecular flexibility index (Phi) is 10.9. The predicted octanol–water partition coefficient (Wildman–Crippen LogP) is 2.77. The topological polar surface area (TPSA) is 111 Å². The van der Waals surface area contributed by atoms with Crippen LogP contribution in [-0.2, 0) is 30.7 Å². The van der Waals surface area contributed by atoms with Crippen molar-refractivity contribution in [3.05, 3.63) is 29.3 Å². The fourth-order valence-electron chi connectivity index (χ4n) is 5.12. The molecule has 11 heteroatoms. The van der Waals surface area contributed by atoms with Crippen molar-refractivity contribution in [3.63, 3.8) is 0 Å². The van der Waals surface area contributed by atoms with E-state index in [1.165, 1.54) is 11.8 Å². The van der Waals surface area contributed by atoms with E-state index in [2.05, 4.69) is 22.9 Å². The molecule has 3 heterocycles. The van der Waals surface area contributed by atoms with E-state index in [0.717, 1.165) is 53.4 Å². The number of rotatable bonds is 10. The third-order valence-electron chi connectivity index (χ3n) is 7.67. The molecule has 0 amide bonds. The van der Waals surface area contributed by atoms with Gasteiger partial charge in [-0.1, -0.05) is 57.6 Å². The Morgan fingerprint density at radius 1 is 1.29 bits per heavy atom. The average Bonchev–Trinajstić information content (AvgIpc) is 3.58. The molecule has 1 aromatic carbocycles. The van der Waals surface area contributed by atoms with Crippen LogP contribution in [0, 0.1) is 5.41 Å². The maximum Gasteiger partial charge on any atom is 2.00 e. The summed E-state index contributed by atoms with van der Waals surface area (Å²) in [6, 6.07) is 5.45. The van der Waals surface area contributed by atoms with E-state index in [4.69, 9.17) is 4.99 Å². The number of carboxylic acid groups (broad SMARTS) is 1. The summed E-state index contributed by atoms with van der Waals surface area (Å²) in [4.78, 5) is 23.3.